The third-order valence-corrected chi connectivity index (χ3v) is 4.69. The van der Waals surface area contributed by atoms with Crippen molar-refractivity contribution in [3.8, 4) is 0 Å². The molecule has 1 aliphatic rings. The third-order valence-electron chi connectivity index (χ3n) is 4.69. The predicted molar refractivity (Wildman–Crippen MR) is 89.9 cm³/mol. The molecule has 3 rings (SSSR count). The van der Waals surface area contributed by atoms with Crippen LogP contribution >= 0.6 is 0 Å². The Labute approximate surface area is 136 Å². The zero-order valence-electron chi connectivity index (χ0n) is 13.8. The first-order chi connectivity index (χ1) is 11.0. The van der Waals surface area contributed by atoms with Gasteiger partial charge in [-0.25, -0.2) is 9.48 Å². The number of aromatic carboxylic acids is 1. The average Bonchev–Trinajstić information content (AvgIpc) is 2.98. The number of carbonyl (C=O) groups is 1. The van der Waals surface area contributed by atoms with E-state index in [1.54, 1.807) is 0 Å². The number of nitrogens with zero attached hydrogens (tertiary/aromatic N) is 2. The minimum atomic E-state index is -0.941. The molecule has 1 aromatic heterocycles. The molecule has 2 aromatic rings. The highest BCUT2D eigenvalue weighted by Gasteiger charge is 2.33. The molecule has 1 aliphatic heterocycles. The Balaban J connectivity index is 1.98. The molecule has 2 N–H and O–H groups in total. The number of hydrogen-bond donors (Lipinski definition) is 2. The van der Waals surface area contributed by atoms with Crippen LogP contribution in [0.1, 0.15) is 60.8 Å². The molecule has 0 spiro atoms. The molecular formula is C18H23N3O2. The standard InChI is InChI=1S/C18H23N3O2/c1-4-12-5-7-13(8-6-12)15-9-16(11(2)3)21-17(20-15)14(10-19-21)18(22)23/h5-8,10-11,15-16,20H,4,9H2,1-3H3,(H,22,23). The number of aromatic nitrogens is 2. The number of anilines is 1. The number of rotatable bonds is 4. The molecule has 0 fully saturated rings. The minimum absolute atomic E-state index is 0.107. The van der Waals surface area contributed by atoms with Crippen molar-refractivity contribution in [3.05, 3.63) is 47.2 Å². The van der Waals surface area contributed by atoms with Crippen LogP contribution < -0.4 is 5.32 Å². The lowest BCUT2D eigenvalue weighted by Gasteiger charge is -2.35. The van der Waals surface area contributed by atoms with Gasteiger partial charge in [0.2, 0.25) is 0 Å². The summed E-state index contributed by atoms with van der Waals surface area (Å²) in [7, 11) is 0. The minimum Gasteiger partial charge on any atom is -0.477 e. The van der Waals surface area contributed by atoms with Crippen molar-refractivity contribution in [3.63, 3.8) is 0 Å². The monoisotopic (exact) mass is 313 g/mol. The van der Waals surface area contributed by atoms with Crippen molar-refractivity contribution < 1.29 is 9.90 Å². The van der Waals surface area contributed by atoms with Crippen molar-refractivity contribution in [1.29, 1.82) is 0 Å². The number of carboxylic acids is 1. The predicted octanol–water partition coefficient (Wildman–Crippen LogP) is 3.90. The summed E-state index contributed by atoms with van der Waals surface area (Å²) in [5.74, 6) is 0.0602. The first-order valence-electron chi connectivity index (χ1n) is 8.17. The second-order valence-corrected chi connectivity index (χ2v) is 6.50. The van der Waals surface area contributed by atoms with E-state index in [0.29, 0.717) is 11.7 Å². The molecule has 1 aromatic carbocycles. The van der Waals surface area contributed by atoms with Gasteiger partial charge in [0.15, 0.2) is 0 Å². The van der Waals surface area contributed by atoms with E-state index in [0.717, 1.165) is 12.8 Å². The highest BCUT2D eigenvalue weighted by Crippen LogP contribution is 2.39. The fraction of sp³-hybridized carbons (Fsp3) is 0.444. The van der Waals surface area contributed by atoms with Gasteiger partial charge in [0, 0.05) is 0 Å². The summed E-state index contributed by atoms with van der Waals surface area (Å²) in [6, 6.07) is 8.86. The Hall–Kier alpha value is -2.30. The number of fused-ring (bicyclic) bond motifs is 1. The van der Waals surface area contributed by atoms with Crippen LogP contribution in [-0.2, 0) is 6.42 Å². The number of benzene rings is 1. The summed E-state index contributed by atoms with van der Waals surface area (Å²) in [4.78, 5) is 11.4. The van der Waals surface area contributed by atoms with Gasteiger partial charge in [0.1, 0.15) is 11.4 Å². The maximum Gasteiger partial charge on any atom is 0.341 e. The van der Waals surface area contributed by atoms with E-state index in [1.165, 1.54) is 17.3 Å². The van der Waals surface area contributed by atoms with Crippen molar-refractivity contribution >= 4 is 11.8 Å². The number of hydrogen-bond acceptors (Lipinski definition) is 3. The van der Waals surface area contributed by atoms with Gasteiger partial charge >= 0.3 is 5.97 Å². The molecule has 0 saturated heterocycles. The van der Waals surface area contributed by atoms with Gasteiger partial charge in [-0.3, -0.25) is 0 Å². The van der Waals surface area contributed by atoms with Crippen LogP contribution in [-0.4, -0.2) is 20.9 Å². The molecule has 0 amide bonds. The molecule has 5 heteroatoms. The van der Waals surface area contributed by atoms with Crippen LogP contribution in [0.25, 0.3) is 0 Å². The smallest absolute Gasteiger partial charge is 0.341 e. The van der Waals surface area contributed by atoms with Gasteiger partial charge in [0.25, 0.3) is 0 Å². The molecule has 23 heavy (non-hydrogen) atoms. The van der Waals surface area contributed by atoms with Gasteiger partial charge in [-0.05, 0) is 29.9 Å². The highest BCUT2D eigenvalue weighted by molar-refractivity contribution is 5.93. The molecule has 2 heterocycles. The summed E-state index contributed by atoms with van der Waals surface area (Å²) in [5.41, 5.74) is 2.74. The second-order valence-electron chi connectivity index (χ2n) is 6.50. The molecule has 0 radical (unpaired) electrons. The van der Waals surface area contributed by atoms with Crippen LogP contribution in [0.3, 0.4) is 0 Å². The summed E-state index contributed by atoms with van der Waals surface area (Å²) < 4.78 is 1.84. The molecule has 0 saturated carbocycles. The molecular weight excluding hydrogens is 290 g/mol. The largest absolute Gasteiger partial charge is 0.477 e. The molecule has 122 valence electrons. The van der Waals surface area contributed by atoms with Gasteiger partial charge in [0.05, 0.1) is 18.3 Å². The van der Waals surface area contributed by atoms with E-state index in [2.05, 4.69) is 55.5 Å². The van der Waals surface area contributed by atoms with Crippen LogP contribution in [0.5, 0.6) is 0 Å². The molecule has 2 atom stereocenters. The second kappa shape index (κ2) is 6.07. The van der Waals surface area contributed by atoms with Gasteiger partial charge in [-0.2, -0.15) is 5.10 Å². The quantitative estimate of drug-likeness (QED) is 0.898. The highest BCUT2D eigenvalue weighted by atomic mass is 16.4. The van der Waals surface area contributed by atoms with Gasteiger partial charge in [-0.1, -0.05) is 45.0 Å². The first kappa shape index (κ1) is 15.6. The van der Waals surface area contributed by atoms with Crippen molar-refractivity contribution in [2.75, 3.05) is 5.32 Å². The maximum atomic E-state index is 11.4. The van der Waals surface area contributed by atoms with Crippen LogP contribution in [0.4, 0.5) is 5.82 Å². The van der Waals surface area contributed by atoms with E-state index in [-0.39, 0.29) is 17.6 Å². The summed E-state index contributed by atoms with van der Waals surface area (Å²) >= 11 is 0. The SMILES string of the molecule is CCc1ccc(C2CC(C(C)C)n3ncc(C(=O)O)c3N2)cc1. The summed E-state index contributed by atoms with van der Waals surface area (Å²) in [6.07, 6.45) is 3.36. The van der Waals surface area contributed by atoms with Crippen molar-refractivity contribution in [2.24, 2.45) is 5.92 Å². The molecule has 5 nitrogen and oxygen atoms in total. The van der Waals surface area contributed by atoms with E-state index in [9.17, 15) is 9.90 Å². The Morgan fingerprint density at radius 1 is 1.39 bits per heavy atom. The zero-order chi connectivity index (χ0) is 16.6. The Morgan fingerprint density at radius 2 is 2.09 bits per heavy atom. The van der Waals surface area contributed by atoms with E-state index >= 15 is 0 Å². The average molecular weight is 313 g/mol. The van der Waals surface area contributed by atoms with E-state index in [1.807, 2.05) is 4.68 Å². The van der Waals surface area contributed by atoms with Crippen LogP contribution in [0.15, 0.2) is 30.5 Å². The van der Waals surface area contributed by atoms with Crippen molar-refractivity contribution in [1.82, 2.24) is 9.78 Å². The first-order valence-corrected chi connectivity index (χ1v) is 8.17. The van der Waals surface area contributed by atoms with Crippen LogP contribution in [0, 0.1) is 5.92 Å². The lowest BCUT2D eigenvalue weighted by Crippen LogP contribution is -2.30. The fourth-order valence-electron chi connectivity index (χ4n) is 3.24. The van der Waals surface area contributed by atoms with Gasteiger partial charge in [-0.15, -0.1) is 0 Å². The topological polar surface area (TPSA) is 67.2 Å². The summed E-state index contributed by atoms with van der Waals surface area (Å²) in [6.45, 7) is 6.44. The fourth-order valence-corrected chi connectivity index (χ4v) is 3.24. The van der Waals surface area contributed by atoms with E-state index in [4.69, 9.17) is 0 Å². The van der Waals surface area contributed by atoms with Gasteiger partial charge < -0.3 is 10.4 Å². The number of aryl methyl sites for hydroxylation is 1. The molecule has 0 bridgehead atoms. The molecule has 0 aliphatic carbocycles. The van der Waals surface area contributed by atoms with Crippen molar-refractivity contribution in [2.45, 2.75) is 45.7 Å². The zero-order valence-corrected chi connectivity index (χ0v) is 13.8. The Kier molecular flexibility index (Phi) is 4.11. The van der Waals surface area contributed by atoms with E-state index < -0.39 is 5.97 Å². The Morgan fingerprint density at radius 3 is 2.65 bits per heavy atom. The third kappa shape index (κ3) is 2.83. The molecule has 2 unspecified atom stereocenters. The maximum absolute atomic E-state index is 11.4. The number of nitrogens with one attached hydrogen (secondary N) is 1. The van der Waals surface area contributed by atoms with Crippen LogP contribution in [0.2, 0.25) is 0 Å². The lowest BCUT2D eigenvalue weighted by molar-refractivity contribution is 0.0697. The Bertz CT molecular complexity index is 704. The summed E-state index contributed by atoms with van der Waals surface area (Å²) in [5, 5.41) is 17.1. The normalized spacial score (nSPS) is 20.2. The number of carboxylic acid groups (broad SMARTS) is 1. The lowest BCUT2D eigenvalue weighted by atomic mass is 9.90.